The molecule has 2 atom stereocenters. The first-order chi connectivity index (χ1) is 6.63. The van der Waals surface area contributed by atoms with E-state index in [1.165, 1.54) is 0 Å². The first kappa shape index (κ1) is 10.8. The molecule has 0 aromatic heterocycles. The zero-order valence-electron chi connectivity index (χ0n) is 8.35. The van der Waals surface area contributed by atoms with Gasteiger partial charge in [-0.1, -0.05) is 25.1 Å². The maximum atomic E-state index is 9.78. The minimum Gasteiger partial charge on any atom is -0.508 e. The van der Waals surface area contributed by atoms with Crippen LogP contribution in [0.2, 0.25) is 0 Å². The van der Waals surface area contributed by atoms with Gasteiger partial charge in [-0.25, -0.2) is 0 Å². The Morgan fingerprint density at radius 1 is 1.36 bits per heavy atom. The summed E-state index contributed by atoms with van der Waals surface area (Å²) in [5, 5.41) is 18.9. The van der Waals surface area contributed by atoms with Gasteiger partial charge in [0.25, 0.3) is 0 Å². The predicted molar refractivity (Wildman–Crippen MR) is 57.0 cm³/mol. The molecule has 0 aliphatic carbocycles. The van der Waals surface area contributed by atoms with Crippen molar-refractivity contribution in [3.05, 3.63) is 42.5 Å². The van der Waals surface area contributed by atoms with Gasteiger partial charge in [0.1, 0.15) is 5.75 Å². The van der Waals surface area contributed by atoms with Crippen molar-refractivity contribution in [2.45, 2.75) is 19.4 Å². The summed E-state index contributed by atoms with van der Waals surface area (Å²) < 4.78 is 0. The number of hydrogen-bond donors (Lipinski definition) is 2. The first-order valence-electron chi connectivity index (χ1n) is 4.73. The quantitative estimate of drug-likeness (QED) is 0.720. The molecule has 2 heteroatoms. The zero-order valence-corrected chi connectivity index (χ0v) is 8.35. The fourth-order valence-corrected chi connectivity index (χ4v) is 1.28. The van der Waals surface area contributed by atoms with E-state index in [2.05, 4.69) is 6.58 Å². The third-order valence-electron chi connectivity index (χ3n) is 2.28. The van der Waals surface area contributed by atoms with Crippen LogP contribution in [0.3, 0.4) is 0 Å². The summed E-state index contributed by atoms with van der Waals surface area (Å²) in [5.41, 5.74) is 0.830. The molecule has 0 fully saturated rings. The SMILES string of the molecule is C=C[C@H](C)C[C@@H](O)c1ccc(O)cc1. The molecule has 0 saturated heterocycles. The highest BCUT2D eigenvalue weighted by atomic mass is 16.3. The van der Waals surface area contributed by atoms with Crippen LogP contribution < -0.4 is 0 Å². The van der Waals surface area contributed by atoms with E-state index in [0.29, 0.717) is 12.3 Å². The Labute approximate surface area is 84.5 Å². The number of phenolic OH excluding ortho intramolecular Hbond substituents is 1. The summed E-state index contributed by atoms with van der Waals surface area (Å²) in [6.45, 7) is 5.68. The van der Waals surface area contributed by atoms with Crippen molar-refractivity contribution in [1.29, 1.82) is 0 Å². The number of aliphatic hydroxyl groups is 1. The van der Waals surface area contributed by atoms with Crippen LogP contribution in [0.4, 0.5) is 0 Å². The van der Waals surface area contributed by atoms with Gasteiger partial charge in [0.15, 0.2) is 0 Å². The van der Waals surface area contributed by atoms with Crippen LogP contribution in [0.25, 0.3) is 0 Å². The molecule has 1 rings (SSSR count). The molecule has 0 aliphatic rings. The lowest BCUT2D eigenvalue weighted by atomic mass is 9.98. The Bertz CT molecular complexity index is 290. The molecule has 0 heterocycles. The predicted octanol–water partition coefficient (Wildman–Crippen LogP) is 2.64. The van der Waals surface area contributed by atoms with E-state index >= 15 is 0 Å². The summed E-state index contributed by atoms with van der Waals surface area (Å²) in [7, 11) is 0. The molecule has 0 bridgehead atoms. The van der Waals surface area contributed by atoms with Crippen molar-refractivity contribution in [3.8, 4) is 5.75 Å². The lowest BCUT2D eigenvalue weighted by Crippen LogP contribution is -2.02. The fraction of sp³-hybridized carbons (Fsp3) is 0.333. The van der Waals surface area contributed by atoms with Gasteiger partial charge < -0.3 is 10.2 Å². The highest BCUT2D eigenvalue weighted by molar-refractivity contribution is 5.27. The van der Waals surface area contributed by atoms with Gasteiger partial charge in [0.2, 0.25) is 0 Å². The first-order valence-corrected chi connectivity index (χ1v) is 4.73. The van der Waals surface area contributed by atoms with Crippen LogP contribution in [0.15, 0.2) is 36.9 Å². The number of allylic oxidation sites excluding steroid dienone is 1. The van der Waals surface area contributed by atoms with E-state index in [4.69, 9.17) is 5.11 Å². The van der Waals surface area contributed by atoms with Crippen molar-refractivity contribution >= 4 is 0 Å². The van der Waals surface area contributed by atoms with Gasteiger partial charge in [-0.15, -0.1) is 6.58 Å². The van der Waals surface area contributed by atoms with Gasteiger partial charge in [-0.05, 0) is 30.0 Å². The molecule has 0 spiro atoms. The molecule has 2 nitrogen and oxygen atoms in total. The fourth-order valence-electron chi connectivity index (χ4n) is 1.28. The lowest BCUT2D eigenvalue weighted by molar-refractivity contribution is 0.155. The van der Waals surface area contributed by atoms with Gasteiger partial charge >= 0.3 is 0 Å². The topological polar surface area (TPSA) is 40.5 Å². The van der Waals surface area contributed by atoms with Crippen molar-refractivity contribution in [2.75, 3.05) is 0 Å². The molecular formula is C12H16O2. The highest BCUT2D eigenvalue weighted by Crippen LogP contribution is 2.23. The third-order valence-corrected chi connectivity index (χ3v) is 2.28. The maximum Gasteiger partial charge on any atom is 0.115 e. The molecule has 14 heavy (non-hydrogen) atoms. The largest absolute Gasteiger partial charge is 0.508 e. The van der Waals surface area contributed by atoms with E-state index in [1.54, 1.807) is 24.3 Å². The minimum absolute atomic E-state index is 0.220. The standard InChI is InChI=1S/C12H16O2/c1-3-9(2)8-12(14)10-4-6-11(13)7-5-10/h3-7,9,12-14H,1,8H2,2H3/t9-,12+/m0/s1. The van der Waals surface area contributed by atoms with Crippen LogP contribution in [0.5, 0.6) is 5.75 Å². The van der Waals surface area contributed by atoms with Crippen molar-refractivity contribution < 1.29 is 10.2 Å². The van der Waals surface area contributed by atoms with Crippen molar-refractivity contribution in [1.82, 2.24) is 0 Å². The van der Waals surface area contributed by atoms with Crippen LogP contribution in [0, 0.1) is 5.92 Å². The van der Waals surface area contributed by atoms with Crippen LogP contribution in [-0.4, -0.2) is 10.2 Å². The Morgan fingerprint density at radius 2 is 1.93 bits per heavy atom. The molecule has 0 radical (unpaired) electrons. The second kappa shape index (κ2) is 4.82. The van der Waals surface area contributed by atoms with Crippen LogP contribution >= 0.6 is 0 Å². The number of phenols is 1. The average Bonchev–Trinajstić information content (AvgIpc) is 2.18. The second-order valence-corrected chi connectivity index (χ2v) is 3.56. The molecule has 0 saturated carbocycles. The van der Waals surface area contributed by atoms with E-state index in [-0.39, 0.29) is 5.75 Å². The van der Waals surface area contributed by atoms with E-state index < -0.39 is 6.10 Å². The molecular weight excluding hydrogens is 176 g/mol. The lowest BCUT2D eigenvalue weighted by Gasteiger charge is -2.13. The zero-order chi connectivity index (χ0) is 10.6. The number of rotatable bonds is 4. The van der Waals surface area contributed by atoms with Crippen LogP contribution in [0.1, 0.15) is 25.0 Å². The van der Waals surface area contributed by atoms with Crippen LogP contribution in [-0.2, 0) is 0 Å². The van der Waals surface area contributed by atoms with E-state index in [1.807, 2.05) is 13.0 Å². The summed E-state index contributed by atoms with van der Waals surface area (Å²) in [6.07, 6.45) is 2.00. The number of benzene rings is 1. The third kappa shape index (κ3) is 2.89. The van der Waals surface area contributed by atoms with Gasteiger partial charge in [0, 0.05) is 0 Å². The molecule has 0 amide bonds. The van der Waals surface area contributed by atoms with Gasteiger partial charge in [-0.2, -0.15) is 0 Å². The Hall–Kier alpha value is -1.28. The van der Waals surface area contributed by atoms with E-state index in [0.717, 1.165) is 5.56 Å². The van der Waals surface area contributed by atoms with Gasteiger partial charge in [-0.3, -0.25) is 0 Å². The number of aliphatic hydroxyl groups excluding tert-OH is 1. The second-order valence-electron chi connectivity index (χ2n) is 3.56. The molecule has 2 N–H and O–H groups in total. The molecule has 1 aromatic rings. The monoisotopic (exact) mass is 192 g/mol. The van der Waals surface area contributed by atoms with Crippen molar-refractivity contribution in [2.24, 2.45) is 5.92 Å². The summed E-state index contributed by atoms with van der Waals surface area (Å²) in [6, 6.07) is 6.62. The Morgan fingerprint density at radius 3 is 2.43 bits per heavy atom. The number of hydrogen-bond acceptors (Lipinski definition) is 2. The van der Waals surface area contributed by atoms with E-state index in [9.17, 15) is 5.11 Å². The molecule has 0 aliphatic heterocycles. The van der Waals surface area contributed by atoms with Gasteiger partial charge in [0.05, 0.1) is 6.10 Å². The molecule has 76 valence electrons. The highest BCUT2D eigenvalue weighted by Gasteiger charge is 2.09. The average molecular weight is 192 g/mol. The smallest absolute Gasteiger partial charge is 0.115 e. The Kier molecular flexibility index (Phi) is 3.72. The summed E-state index contributed by atoms with van der Waals surface area (Å²) in [5.74, 6) is 0.511. The Balaban J connectivity index is 2.64. The number of aromatic hydroxyl groups is 1. The maximum absolute atomic E-state index is 9.78. The normalized spacial score (nSPS) is 14.7. The molecule has 1 aromatic carbocycles. The minimum atomic E-state index is -0.483. The molecule has 0 unspecified atom stereocenters. The summed E-state index contributed by atoms with van der Waals surface area (Å²) >= 11 is 0. The van der Waals surface area contributed by atoms with Crippen molar-refractivity contribution in [3.63, 3.8) is 0 Å². The summed E-state index contributed by atoms with van der Waals surface area (Å²) in [4.78, 5) is 0.